The summed E-state index contributed by atoms with van der Waals surface area (Å²) in [5.74, 6) is -1.11. The maximum atomic E-state index is 11.1. The first-order valence-electron chi connectivity index (χ1n) is 5.39. The van der Waals surface area contributed by atoms with E-state index in [2.05, 4.69) is 5.10 Å². The molecule has 0 fully saturated rings. The van der Waals surface area contributed by atoms with E-state index in [-0.39, 0.29) is 11.4 Å². The molecule has 2 aromatic rings. The summed E-state index contributed by atoms with van der Waals surface area (Å²) in [6.45, 7) is 0. The van der Waals surface area contributed by atoms with Gasteiger partial charge in [0.15, 0.2) is 5.69 Å². The molecule has 0 aliphatic carbocycles. The molecule has 0 aliphatic heterocycles. The number of aryl methyl sites for hydroxylation is 1. The normalized spacial score (nSPS) is 12.3. The first kappa shape index (κ1) is 13.4. The second-order valence-corrected chi connectivity index (χ2v) is 4.88. The quantitative estimate of drug-likeness (QED) is 0.847. The number of hydrogen-bond donors (Lipinski definition) is 1. The van der Waals surface area contributed by atoms with Crippen molar-refractivity contribution in [1.82, 2.24) is 9.78 Å². The van der Waals surface area contributed by atoms with Crippen LogP contribution >= 0.6 is 0 Å². The van der Waals surface area contributed by atoms with Crippen LogP contribution in [0.2, 0.25) is 0 Å². The van der Waals surface area contributed by atoms with Crippen molar-refractivity contribution >= 4 is 17.0 Å². The summed E-state index contributed by atoms with van der Waals surface area (Å²) in [7, 11) is 1.56. The number of benzene rings is 1. The molecule has 2 rings (SSSR count). The number of nitrogens with zero attached hydrogens (tertiary/aromatic N) is 2. The average molecular weight is 279 g/mol. The van der Waals surface area contributed by atoms with Crippen LogP contribution in [0.5, 0.6) is 0 Å². The molecule has 1 unspecified atom stereocenters. The Kier molecular flexibility index (Phi) is 3.77. The first-order chi connectivity index (χ1) is 8.99. The monoisotopic (exact) mass is 279 g/mol. The van der Waals surface area contributed by atoms with E-state index in [1.165, 1.54) is 10.9 Å². The van der Waals surface area contributed by atoms with Crippen LogP contribution in [0, 0.1) is 0 Å². The number of aromatic carboxylic acids is 1. The van der Waals surface area contributed by atoms with Gasteiger partial charge >= 0.3 is 5.97 Å². The van der Waals surface area contributed by atoms with Gasteiger partial charge in [-0.25, -0.2) is 4.79 Å². The maximum Gasteiger partial charge on any atom is 0.354 e. The fourth-order valence-corrected chi connectivity index (χ4v) is 2.28. The highest BCUT2D eigenvalue weighted by molar-refractivity contribution is 7.78. The zero-order valence-corrected chi connectivity index (χ0v) is 10.9. The zero-order chi connectivity index (χ0) is 14.0. The van der Waals surface area contributed by atoms with Gasteiger partial charge in [-0.15, -0.1) is 0 Å². The molecule has 0 radical (unpaired) electrons. The smallest absolute Gasteiger partial charge is 0.354 e. The molecule has 0 spiro atoms. The van der Waals surface area contributed by atoms with Gasteiger partial charge in [-0.1, -0.05) is 35.3 Å². The topological polar surface area (TPSA) is 95.3 Å². The summed E-state index contributed by atoms with van der Waals surface area (Å²) in [6.07, 6.45) is 1.48. The lowest BCUT2D eigenvalue weighted by Crippen LogP contribution is -2.06. The number of carboxylic acid groups (broad SMARTS) is 1. The van der Waals surface area contributed by atoms with Crippen LogP contribution in [-0.2, 0) is 23.9 Å². The largest absolute Gasteiger partial charge is 0.772 e. The second-order valence-electron chi connectivity index (χ2n) is 3.98. The first-order valence-corrected chi connectivity index (χ1v) is 6.64. The van der Waals surface area contributed by atoms with Crippen molar-refractivity contribution in [2.24, 2.45) is 7.05 Å². The Morgan fingerprint density at radius 3 is 2.58 bits per heavy atom. The van der Waals surface area contributed by atoms with Crippen molar-refractivity contribution in [2.45, 2.75) is 5.75 Å². The van der Waals surface area contributed by atoms with Gasteiger partial charge in [0.1, 0.15) is 0 Å². The third-order valence-electron chi connectivity index (χ3n) is 2.69. The van der Waals surface area contributed by atoms with E-state index in [9.17, 15) is 13.6 Å². The Hall–Kier alpha value is -1.99. The number of rotatable bonds is 4. The fourth-order valence-electron chi connectivity index (χ4n) is 1.82. The van der Waals surface area contributed by atoms with E-state index in [0.29, 0.717) is 16.7 Å². The van der Waals surface area contributed by atoms with Crippen molar-refractivity contribution in [1.29, 1.82) is 0 Å². The van der Waals surface area contributed by atoms with Crippen LogP contribution in [0.25, 0.3) is 11.1 Å². The Morgan fingerprint density at radius 2 is 2.05 bits per heavy atom. The Morgan fingerprint density at radius 1 is 1.42 bits per heavy atom. The molecular formula is C12H11N2O4S-. The minimum absolute atomic E-state index is 0.0564. The van der Waals surface area contributed by atoms with Crippen LogP contribution < -0.4 is 0 Å². The molecule has 7 heteroatoms. The highest BCUT2D eigenvalue weighted by atomic mass is 32.2. The van der Waals surface area contributed by atoms with Crippen LogP contribution in [0.4, 0.5) is 0 Å². The average Bonchev–Trinajstić information content (AvgIpc) is 2.71. The minimum atomic E-state index is -2.14. The van der Waals surface area contributed by atoms with Gasteiger partial charge in [-0.05, 0) is 11.1 Å². The molecule has 1 heterocycles. The van der Waals surface area contributed by atoms with E-state index in [0.717, 1.165) is 0 Å². The van der Waals surface area contributed by atoms with Crippen molar-refractivity contribution in [3.8, 4) is 11.1 Å². The van der Waals surface area contributed by atoms with Crippen molar-refractivity contribution < 1.29 is 18.7 Å². The van der Waals surface area contributed by atoms with Crippen molar-refractivity contribution in [2.75, 3.05) is 0 Å². The lowest BCUT2D eigenvalue weighted by Gasteiger charge is -2.06. The lowest BCUT2D eigenvalue weighted by atomic mass is 10.0. The highest BCUT2D eigenvalue weighted by Crippen LogP contribution is 2.23. The predicted molar refractivity (Wildman–Crippen MR) is 68.2 cm³/mol. The number of hydrogen-bond acceptors (Lipinski definition) is 4. The Bertz CT molecular complexity index is 634. The van der Waals surface area contributed by atoms with Gasteiger partial charge < -0.3 is 9.66 Å². The fraction of sp³-hybridized carbons (Fsp3) is 0.167. The molecule has 1 aromatic carbocycles. The molecule has 19 heavy (non-hydrogen) atoms. The molecule has 0 aliphatic rings. The molecular weight excluding hydrogens is 268 g/mol. The summed E-state index contributed by atoms with van der Waals surface area (Å²) in [5.41, 5.74) is 1.94. The predicted octanol–water partition coefficient (Wildman–Crippen LogP) is 1.16. The second kappa shape index (κ2) is 5.33. The van der Waals surface area contributed by atoms with Gasteiger partial charge in [0, 0.05) is 18.4 Å². The number of carboxylic acids is 1. The molecule has 100 valence electrons. The van der Waals surface area contributed by atoms with E-state index >= 15 is 0 Å². The summed E-state index contributed by atoms with van der Waals surface area (Å²) in [5, 5.41) is 13.1. The van der Waals surface area contributed by atoms with E-state index in [4.69, 9.17) is 5.11 Å². The van der Waals surface area contributed by atoms with Crippen molar-refractivity contribution in [3.63, 3.8) is 0 Å². The van der Waals surface area contributed by atoms with Gasteiger partial charge in [-0.3, -0.25) is 8.89 Å². The summed E-state index contributed by atoms with van der Waals surface area (Å²) >= 11 is -2.14. The van der Waals surface area contributed by atoms with Crippen LogP contribution in [0.15, 0.2) is 30.5 Å². The van der Waals surface area contributed by atoms with Gasteiger partial charge in [0.25, 0.3) is 0 Å². The van der Waals surface area contributed by atoms with Gasteiger partial charge in [0.2, 0.25) is 0 Å². The van der Waals surface area contributed by atoms with Gasteiger partial charge in [-0.2, -0.15) is 5.10 Å². The van der Waals surface area contributed by atoms with Crippen LogP contribution in [0.3, 0.4) is 0 Å². The maximum absolute atomic E-state index is 11.1. The highest BCUT2D eigenvalue weighted by Gasteiger charge is 2.16. The van der Waals surface area contributed by atoms with Crippen LogP contribution in [-0.4, -0.2) is 29.6 Å². The SMILES string of the molecule is Cn1ncc(-c2ccc(CS(=O)[O-])cc2)c1C(=O)O. The summed E-state index contributed by atoms with van der Waals surface area (Å²) < 4.78 is 22.4. The van der Waals surface area contributed by atoms with Crippen molar-refractivity contribution in [3.05, 3.63) is 41.7 Å². The summed E-state index contributed by atoms with van der Waals surface area (Å²) in [6, 6.07) is 6.69. The Labute approximate surface area is 112 Å². The standard InChI is InChI=1S/C12H12N2O4S/c1-14-11(12(15)16)10(6-13-14)9-4-2-8(3-5-9)7-19(17)18/h2-6H,7H2,1H3,(H,15,16)(H,17,18)/p-1. The Balaban J connectivity index is 2.37. The third kappa shape index (κ3) is 2.88. The molecule has 0 saturated heterocycles. The molecule has 1 N–H and O–H groups in total. The number of aromatic nitrogens is 2. The molecule has 1 atom stereocenters. The van der Waals surface area contributed by atoms with E-state index in [1.54, 1.807) is 31.3 Å². The zero-order valence-electron chi connectivity index (χ0n) is 10.1. The summed E-state index contributed by atoms with van der Waals surface area (Å²) in [4.78, 5) is 11.1. The van der Waals surface area contributed by atoms with E-state index < -0.39 is 17.0 Å². The molecule has 0 bridgehead atoms. The number of carbonyl (C=O) groups is 1. The molecule has 0 amide bonds. The molecule has 1 aromatic heterocycles. The minimum Gasteiger partial charge on any atom is -0.772 e. The molecule has 0 saturated carbocycles. The third-order valence-corrected chi connectivity index (χ3v) is 3.26. The molecule has 6 nitrogen and oxygen atoms in total. The van der Waals surface area contributed by atoms with Gasteiger partial charge in [0.05, 0.1) is 6.20 Å². The van der Waals surface area contributed by atoms with E-state index in [1.807, 2.05) is 0 Å². The lowest BCUT2D eigenvalue weighted by molar-refractivity contribution is 0.0686. The van der Waals surface area contributed by atoms with Crippen LogP contribution in [0.1, 0.15) is 16.1 Å².